The van der Waals surface area contributed by atoms with Crippen LogP contribution in [-0.4, -0.2) is 29.0 Å². The number of benzene rings is 2. The molecular formula is C28H27N5O. The van der Waals surface area contributed by atoms with E-state index in [2.05, 4.69) is 37.4 Å². The molecule has 1 amide bonds. The Labute approximate surface area is 199 Å². The Morgan fingerprint density at radius 2 is 2.03 bits per heavy atom. The van der Waals surface area contributed by atoms with Crippen molar-refractivity contribution < 1.29 is 4.79 Å². The second-order valence-corrected chi connectivity index (χ2v) is 8.05. The predicted octanol–water partition coefficient (Wildman–Crippen LogP) is 5.31. The molecule has 0 bridgehead atoms. The summed E-state index contributed by atoms with van der Waals surface area (Å²) in [4.78, 5) is 26.4. The highest BCUT2D eigenvalue weighted by Crippen LogP contribution is 2.20. The van der Waals surface area contributed by atoms with Gasteiger partial charge in [-0.2, -0.15) is 0 Å². The van der Waals surface area contributed by atoms with Gasteiger partial charge in [-0.05, 0) is 43.7 Å². The van der Waals surface area contributed by atoms with Crippen molar-refractivity contribution in [2.75, 3.05) is 5.32 Å². The van der Waals surface area contributed by atoms with Crippen LogP contribution in [0.5, 0.6) is 0 Å². The second-order valence-electron chi connectivity index (χ2n) is 8.05. The Balaban J connectivity index is 1.42. The third kappa shape index (κ3) is 5.57. The largest absolute Gasteiger partial charge is 0.363 e. The van der Waals surface area contributed by atoms with E-state index in [0.29, 0.717) is 5.56 Å². The first kappa shape index (κ1) is 22.9. The van der Waals surface area contributed by atoms with Gasteiger partial charge in [0.15, 0.2) is 0 Å². The van der Waals surface area contributed by atoms with Crippen molar-refractivity contribution in [3.8, 4) is 11.8 Å². The molecule has 4 rings (SSSR count). The Hall–Kier alpha value is -4.24. The van der Waals surface area contributed by atoms with E-state index < -0.39 is 0 Å². The minimum atomic E-state index is -0.195. The number of pyridine rings is 1. The molecule has 3 aromatic rings. The summed E-state index contributed by atoms with van der Waals surface area (Å²) in [5.74, 6) is 6.55. The molecule has 1 aromatic heterocycles. The van der Waals surface area contributed by atoms with Crippen LogP contribution in [0.3, 0.4) is 0 Å². The van der Waals surface area contributed by atoms with E-state index in [4.69, 9.17) is 0 Å². The SMILES string of the molecule is CCC#C/C=C1/N=CC(N[C@@H](C)c2cccc(NC(=O)c3cnc4ccccc4c3)c2)=NC1C. The number of amides is 1. The number of allylic oxidation sites excluding steroid dienone is 1. The van der Waals surface area contributed by atoms with Crippen molar-refractivity contribution in [1.29, 1.82) is 0 Å². The number of amidine groups is 1. The van der Waals surface area contributed by atoms with Crippen LogP contribution in [0.15, 0.2) is 82.6 Å². The van der Waals surface area contributed by atoms with Crippen molar-refractivity contribution in [2.45, 2.75) is 39.3 Å². The lowest BCUT2D eigenvalue weighted by Gasteiger charge is -2.20. The summed E-state index contributed by atoms with van der Waals surface area (Å²) in [6.45, 7) is 6.06. The number of carbonyl (C=O) groups is 1. The zero-order chi connectivity index (χ0) is 23.9. The maximum atomic E-state index is 12.8. The molecule has 1 aliphatic heterocycles. The monoisotopic (exact) mass is 449 g/mol. The standard InChI is InChI=1S/C28H27N5O/c1-4-5-6-13-25-20(3)32-27(18-30-25)31-19(2)21-11-9-12-24(16-21)33-28(34)23-15-22-10-7-8-14-26(22)29-17-23/h7-20H,4H2,1-3H3,(H,31,32)(H,33,34)/b25-13+/t19-,20?/m0/s1. The fourth-order valence-corrected chi connectivity index (χ4v) is 3.60. The molecule has 0 saturated heterocycles. The van der Waals surface area contributed by atoms with Crippen molar-refractivity contribution in [2.24, 2.45) is 9.98 Å². The average molecular weight is 450 g/mol. The smallest absolute Gasteiger partial charge is 0.257 e. The molecule has 0 spiro atoms. The Bertz CT molecular complexity index is 1360. The fourth-order valence-electron chi connectivity index (χ4n) is 3.60. The number of rotatable bonds is 4. The van der Waals surface area contributed by atoms with Crippen LogP contribution in [0.2, 0.25) is 0 Å². The molecule has 1 unspecified atom stereocenters. The molecule has 6 nitrogen and oxygen atoms in total. The molecule has 0 aliphatic carbocycles. The summed E-state index contributed by atoms with van der Waals surface area (Å²) in [5, 5.41) is 7.31. The van der Waals surface area contributed by atoms with Crippen LogP contribution in [0.1, 0.15) is 49.2 Å². The molecule has 0 radical (unpaired) electrons. The minimum Gasteiger partial charge on any atom is -0.363 e. The van der Waals surface area contributed by atoms with Gasteiger partial charge in [0, 0.05) is 29.8 Å². The zero-order valence-corrected chi connectivity index (χ0v) is 19.5. The number of aromatic nitrogens is 1. The quantitative estimate of drug-likeness (QED) is 0.530. The van der Waals surface area contributed by atoms with E-state index in [1.807, 2.05) is 81.4 Å². The number of hydrogen-bond donors (Lipinski definition) is 2. The van der Waals surface area contributed by atoms with Gasteiger partial charge in [-0.1, -0.05) is 49.1 Å². The van der Waals surface area contributed by atoms with Crippen LogP contribution in [-0.2, 0) is 0 Å². The number of anilines is 1. The number of aliphatic imine (C=N–C) groups is 2. The normalized spacial score (nSPS) is 17.0. The summed E-state index contributed by atoms with van der Waals surface area (Å²) in [7, 11) is 0. The molecule has 2 aromatic carbocycles. The number of para-hydroxylation sites is 1. The van der Waals surface area contributed by atoms with Crippen molar-refractivity contribution in [3.05, 3.63) is 83.7 Å². The Morgan fingerprint density at radius 3 is 2.85 bits per heavy atom. The van der Waals surface area contributed by atoms with Gasteiger partial charge in [-0.15, -0.1) is 0 Å². The van der Waals surface area contributed by atoms with Crippen LogP contribution in [0.4, 0.5) is 5.69 Å². The van der Waals surface area contributed by atoms with E-state index in [1.165, 1.54) is 0 Å². The molecule has 1 aliphatic rings. The van der Waals surface area contributed by atoms with E-state index in [0.717, 1.165) is 40.1 Å². The van der Waals surface area contributed by atoms with Crippen molar-refractivity contribution in [1.82, 2.24) is 10.3 Å². The molecule has 6 heteroatoms. The van der Waals surface area contributed by atoms with Crippen LogP contribution in [0, 0.1) is 11.8 Å². The number of nitrogens with zero attached hydrogens (tertiary/aromatic N) is 3. The van der Waals surface area contributed by atoms with Crippen molar-refractivity contribution >= 4 is 34.5 Å². The fraction of sp³-hybridized carbons (Fsp3) is 0.214. The summed E-state index contributed by atoms with van der Waals surface area (Å²) in [6, 6.07) is 17.3. The number of carbonyl (C=O) groups excluding carboxylic acids is 1. The molecule has 0 fully saturated rings. The highest BCUT2D eigenvalue weighted by molar-refractivity contribution is 6.30. The first-order valence-electron chi connectivity index (χ1n) is 11.4. The number of nitrogens with one attached hydrogen (secondary N) is 2. The van der Waals surface area contributed by atoms with Gasteiger partial charge < -0.3 is 10.6 Å². The van der Waals surface area contributed by atoms with Gasteiger partial charge in [0.25, 0.3) is 5.91 Å². The van der Waals surface area contributed by atoms with Crippen LogP contribution >= 0.6 is 0 Å². The van der Waals surface area contributed by atoms with E-state index in [1.54, 1.807) is 12.4 Å². The number of fused-ring (bicyclic) bond motifs is 1. The third-order valence-corrected chi connectivity index (χ3v) is 5.46. The second kappa shape index (κ2) is 10.6. The lowest BCUT2D eigenvalue weighted by Crippen LogP contribution is -2.31. The van der Waals surface area contributed by atoms with Gasteiger partial charge in [0.05, 0.1) is 35.1 Å². The van der Waals surface area contributed by atoms with Crippen LogP contribution < -0.4 is 10.6 Å². The zero-order valence-electron chi connectivity index (χ0n) is 19.5. The maximum Gasteiger partial charge on any atom is 0.257 e. The Morgan fingerprint density at radius 1 is 1.18 bits per heavy atom. The van der Waals surface area contributed by atoms with E-state index >= 15 is 0 Å². The van der Waals surface area contributed by atoms with Gasteiger partial charge in [0.1, 0.15) is 5.84 Å². The lowest BCUT2D eigenvalue weighted by atomic mass is 10.1. The summed E-state index contributed by atoms with van der Waals surface area (Å²) >= 11 is 0. The summed E-state index contributed by atoms with van der Waals surface area (Å²) in [5.41, 5.74) is 3.97. The summed E-state index contributed by atoms with van der Waals surface area (Å²) < 4.78 is 0. The Kier molecular flexibility index (Phi) is 7.14. The van der Waals surface area contributed by atoms with Gasteiger partial charge in [-0.3, -0.25) is 19.8 Å². The molecule has 2 N–H and O–H groups in total. The maximum absolute atomic E-state index is 12.8. The van der Waals surface area contributed by atoms with Gasteiger partial charge in [-0.25, -0.2) is 0 Å². The topological polar surface area (TPSA) is 78.7 Å². The van der Waals surface area contributed by atoms with Gasteiger partial charge >= 0.3 is 0 Å². The van der Waals surface area contributed by atoms with Crippen molar-refractivity contribution in [3.63, 3.8) is 0 Å². The van der Waals surface area contributed by atoms with Crippen LogP contribution in [0.25, 0.3) is 10.9 Å². The third-order valence-electron chi connectivity index (χ3n) is 5.46. The van der Waals surface area contributed by atoms with E-state index in [9.17, 15) is 4.79 Å². The average Bonchev–Trinajstić information content (AvgIpc) is 2.85. The minimum absolute atomic E-state index is 0.0259. The van der Waals surface area contributed by atoms with E-state index in [-0.39, 0.29) is 18.0 Å². The predicted molar refractivity (Wildman–Crippen MR) is 139 cm³/mol. The van der Waals surface area contributed by atoms with Gasteiger partial charge in [0.2, 0.25) is 0 Å². The summed E-state index contributed by atoms with van der Waals surface area (Å²) in [6.07, 6.45) is 5.97. The molecule has 2 atom stereocenters. The molecular weight excluding hydrogens is 422 g/mol. The first-order valence-corrected chi connectivity index (χ1v) is 11.4. The molecule has 0 saturated carbocycles. The lowest BCUT2D eigenvalue weighted by molar-refractivity contribution is 0.102. The first-order chi connectivity index (χ1) is 16.5. The highest BCUT2D eigenvalue weighted by atomic mass is 16.1. The molecule has 2 heterocycles. The highest BCUT2D eigenvalue weighted by Gasteiger charge is 2.15. The molecule has 170 valence electrons. The number of hydrogen-bond acceptors (Lipinski definition) is 5. The molecule has 34 heavy (non-hydrogen) atoms.